The first-order valence-electron chi connectivity index (χ1n) is 8.58. The number of aliphatic hydroxyl groups is 1. The molecule has 5 unspecified atom stereocenters. The van der Waals surface area contributed by atoms with Gasteiger partial charge in [0.25, 0.3) is 0 Å². The van der Waals surface area contributed by atoms with E-state index in [1.165, 1.54) is 6.07 Å². The standard InChI is InChI=1S/C18H17F3N2O4S/c1-16-6-10(24)17(2,27-16)12-11(16)14(25)23(15(12)26)7-3-4-8(13(22)28)9(5-7)18(19,20)21/h3-5,10-12,24H,6H2,1-2H3,(H2,22,28). The van der Waals surface area contributed by atoms with E-state index in [0.29, 0.717) is 6.07 Å². The zero-order valence-corrected chi connectivity index (χ0v) is 15.7. The van der Waals surface area contributed by atoms with Crippen LogP contribution < -0.4 is 10.6 Å². The third-order valence-electron chi connectivity index (χ3n) is 6.13. The number of imide groups is 1. The van der Waals surface area contributed by atoms with Crippen LogP contribution >= 0.6 is 12.2 Å². The van der Waals surface area contributed by atoms with Crippen LogP contribution in [0.5, 0.6) is 0 Å². The van der Waals surface area contributed by atoms with Gasteiger partial charge >= 0.3 is 6.18 Å². The first-order chi connectivity index (χ1) is 12.8. The number of alkyl halides is 3. The highest BCUT2D eigenvalue weighted by Gasteiger charge is 2.75. The van der Waals surface area contributed by atoms with Crippen molar-refractivity contribution in [1.82, 2.24) is 0 Å². The molecule has 28 heavy (non-hydrogen) atoms. The van der Waals surface area contributed by atoms with Gasteiger partial charge in [-0.3, -0.25) is 9.59 Å². The molecule has 3 aliphatic heterocycles. The molecule has 2 amide bonds. The van der Waals surface area contributed by atoms with Gasteiger partial charge in [0.05, 0.1) is 34.8 Å². The van der Waals surface area contributed by atoms with Gasteiger partial charge in [-0.1, -0.05) is 12.2 Å². The molecule has 3 N–H and O–H groups in total. The average Bonchev–Trinajstić information content (AvgIpc) is 3.07. The van der Waals surface area contributed by atoms with E-state index >= 15 is 0 Å². The van der Waals surface area contributed by atoms with Crippen LogP contribution in [0.1, 0.15) is 31.4 Å². The number of ether oxygens (including phenoxy) is 1. The van der Waals surface area contributed by atoms with Crippen LogP contribution in [0, 0.1) is 11.8 Å². The maximum absolute atomic E-state index is 13.5. The molecule has 3 fully saturated rings. The summed E-state index contributed by atoms with van der Waals surface area (Å²) in [5, 5.41) is 10.3. The van der Waals surface area contributed by atoms with Gasteiger partial charge in [0.15, 0.2) is 0 Å². The predicted octanol–water partition coefficient (Wildman–Crippen LogP) is 1.76. The summed E-state index contributed by atoms with van der Waals surface area (Å²) < 4.78 is 46.2. The van der Waals surface area contributed by atoms with Crippen molar-refractivity contribution in [2.75, 3.05) is 4.90 Å². The first kappa shape index (κ1) is 19.3. The highest BCUT2D eigenvalue weighted by Crippen LogP contribution is 2.61. The Labute approximate surface area is 163 Å². The minimum absolute atomic E-state index is 0.172. The molecular formula is C18H17F3N2O4S. The largest absolute Gasteiger partial charge is 0.417 e. The zero-order chi connectivity index (χ0) is 20.8. The molecule has 2 bridgehead atoms. The zero-order valence-electron chi connectivity index (χ0n) is 14.9. The van der Waals surface area contributed by atoms with Crippen molar-refractivity contribution in [3.8, 4) is 0 Å². The summed E-state index contributed by atoms with van der Waals surface area (Å²) in [6.07, 6.45) is -5.54. The normalized spacial score (nSPS) is 36.9. The summed E-state index contributed by atoms with van der Waals surface area (Å²) in [5.74, 6) is -3.14. The molecule has 1 aromatic rings. The summed E-state index contributed by atoms with van der Waals surface area (Å²) in [4.78, 5) is 26.4. The van der Waals surface area contributed by atoms with Crippen molar-refractivity contribution in [2.45, 2.75) is 43.8 Å². The molecule has 1 aromatic carbocycles. The van der Waals surface area contributed by atoms with E-state index in [0.717, 1.165) is 11.0 Å². The van der Waals surface area contributed by atoms with Gasteiger partial charge in [-0.25, -0.2) is 4.90 Å². The molecule has 0 aromatic heterocycles. The minimum atomic E-state index is -4.77. The second-order valence-corrected chi connectivity index (χ2v) is 8.32. The fourth-order valence-corrected chi connectivity index (χ4v) is 5.07. The number of nitrogens with two attached hydrogens (primary N) is 1. The Kier molecular flexibility index (Phi) is 3.80. The van der Waals surface area contributed by atoms with E-state index in [4.69, 9.17) is 10.5 Å². The van der Waals surface area contributed by atoms with Crippen molar-refractivity contribution in [2.24, 2.45) is 17.6 Å². The summed E-state index contributed by atoms with van der Waals surface area (Å²) in [6, 6.07) is 2.97. The van der Waals surface area contributed by atoms with E-state index in [9.17, 15) is 27.9 Å². The van der Waals surface area contributed by atoms with Gasteiger partial charge < -0.3 is 15.6 Å². The fraction of sp³-hybridized carbons (Fsp3) is 0.500. The number of halogens is 3. The molecule has 3 aliphatic rings. The number of hydrogen-bond acceptors (Lipinski definition) is 5. The van der Waals surface area contributed by atoms with Gasteiger partial charge in [-0.15, -0.1) is 0 Å². The Morgan fingerprint density at radius 3 is 2.46 bits per heavy atom. The van der Waals surface area contributed by atoms with Gasteiger partial charge in [-0.2, -0.15) is 13.2 Å². The molecule has 5 atom stereocenters. The maximum atomic E-state index is 13.5. The van der Waals surface area contributed by atoms with Crippen LogP contribution in [-0.4, -0.2) is 39.2 Å². The number of carbonyl (C=O) groups excluding carboxylic acids is 2. The van der Waals surface area contributed by atoms with Gasteiger partial charge in [0, 0.05) is 12.0 Å². The molecule has 3 saturated heterocycles. The lowest BCUT2D eigenvalue weighted by atomic mass is 9.67. The Balaban J connectivity index is 1.81. The summed E-state index contributed by atoms with van der Waals surface area (Å²) >= 11 is 4.68. The molecule has 0 spiro atoms. The minimum Gasteiger partial charge on any atom is -0.390 e. The van der Waals surface area contributed by atoms with Gasteiger partial charge in [0.1, 0.15) is 10.6 Å². The van der Waals surface area contributed by atoms with Crippen LogP contribution in [-0.2, 0) is 20.5 Å². The monoisotopic (exact) mass is 414 g/mol. The van der Waals surface area contributed by atoms with Crippen LogP contribution in [0.4, 0.5) is 18.9 Å². The smallest absolute Gasteiger partial charge is 0.390 e. The number of anilines is 1. The summed E-state index contributed by atoms with van der Waals surface area (Å²) in [5.41, 5.74) is 1.36. The van der Waals surface area contributed by atoms with Crippen LogP contribution in [0.15, 0.2) is 18.2 Å². The van der Waals surface area contributed by atoms with Gasteiger partial charge in [0.2, 0.25) is 11.8 Å². The van der Waals surface area contributed by atoms with Crippen molar-refractivity contribution < 1.29 is 32.6 Å². The second-order valence-electron chi connectivity index (χ2n) is 7.88. The predicted molar refractivity (Wildman–Crippen MR) is 95.3 cm³/mol. The third-order valence-corrected chi connectivity index (χ3v) is 6.35. The lowest BCUT2D eigenvalue weighted by Gasteiger charge is -2.31. The van der Waals surface area contributed by atoms with Crippen molar-refractivity contribution in [1.29, 1.82) is 0 Å². The Bertz CT molecular complexity index is 936. The molecule has 10 heteroatoms. The Morgan fingerprint density at radius 2 is 1.89 bits per heavy atom. The highest BCUT2D eigenvalue weighted by atomic mass is 32.1. The van der Waals surface area contributed by atoms with Crippen LogP contribution in [0.25, 0.3) is 0 Å². The second kappa shape index (κ2) is 5.52. The lowest BCUT2D eigenvalue weighted by Crippen LogP contribution is -2.49. The number of amides is 2. The molecule has 4 rings (SSSR count). The van der Waals surface area contributed by atoms with E-state index in [-0.39, 0.29) is 17.7 Å². The SMILES string of the molecule is CC12CC(O)C(C)(O1)C1C(=O)N(c3ccc(C(N)=S)c(C(F)(F)F)c3)C(=O)C12. The number of nitrogens with zero attached hydrogens (tertiary/aromatic N) is 1. The third kappa shape index (κ3) is 2.31. The Morgan fingerprint density at radius 1 is 1.29 bits per heavy atom. The summed E-state index contributed by atoms with van der Waals surface area (Å²) in [6.45, 7) is 3.19. The molecule has 0 radical (unpaired) electrons. The van der Waals surface area contributed by atoms with Crippen LogP contribution in [0.2, 0.25) is 0 Å². The Hall–Kier alpha value is -2.04. The molecule has 3 heterocycles. The number of benzene rings is 1. The van der Waals surface area contributed by atoms with Crippen molar-refractivity contribution in [3.63, 3.8) is 0 Å². The highest BCUT2D eigenvalue weighted by molar-refractivity contribution is 7.80. The molecule has 150 valence electrons. The number of fused-ring (bicyclic) bond motifs is 5. The fourth-order valence-electron chi connectivity index (χ4n) is 4.90. The van der Waals surface area contributed by atoms with Crippen molar-refractivity contribution in [3.05, 3.63) is 29.3 Å². The van der Waals surface area contributed by atoms with E-state index in [2.05, 4.69) is 12.2 Å². The van der Waals surface area contributed by atoms with E-state index in [1.807, 2.05) is 0 Å². The molecular weight excluding hydrogens is 397 g/mol. The van der Waals surface area contributed by atoms with E-state index in [1.54, 1.807) is 13.8 Å². The quantitative estimate of drug-likeness (QED) is 0.566. The number of hydrogen-bond donors (Lipinski definition) is 2. The molecule has 0 aliphatic carbocycles. The van der Waals surface area contributed by atoms with Gasteiger partial charge in [-0.05, 0) is 32.0 Å². The van der Waals surface area contributed by atoms with E-state index < -0.39 is 57.7 Å². The lowest BCUT2D eigenvalue weighted by molar-refractivity contribution is -0.138. The molecule has 6 nitrogen and oxygen atoms in total. The number of aliphatic hydroxyl groups excluding tert-OH is 1. The number of carbonyl (C=O) groups is 2. The first-order valence-corrected chi connectivity index (χ1v) is 8.99. The topological polar surface area (TPSA) is 92.9 Å². The number of rotatable bonds is 2. The maximum Gasteiger partial charge on any atom is 0.417 e. The molecule has 0 saturated carbocycles. The average molecular weight is 414 g/mol. The van der Waals surface area contributed by atoms with Crippen LogP contribution in [0.3, 0.4) is 0 Å². The summed E-state index contributed by atoms with van der Waals surface area (Å²) in [7, 11) is 0. The number of thiocarbonyl (C=S) groups is 1. The van der Waals surface area contributed by atoms with Crippen molar-refractivity contribution >= 4 is 34.7 Å².